The third kappa shape index (κ3) is 2.97. The Hall–Kier alpha value is -2.83. The van der Waals surface area contributed by atoms with Gasteiger partial charge in [-0.15, -0.1) is 0 Å². The van der Waals surface area contributed by atoms with E-state index in [9.17, 15) is 22.8 Å². The minimum Gasteiger partial charge on any atom is -0.372 e. The van der Waals surface area contributed by atoms with Crippen molar-refractivity contribution in [2.24, 2.45) is 0 Å². The quantitative estimate of drug-likeness (QED) is 0.727. The van der Waals surface area contributed by atoms with Crippen LogP contribution in [-0.4, -0.2) is 24.9 Å². The van der Waals surface area contributed by atoms with Gasteiger partial charge in [0.15, 0.2) is 0 Å². The smallest absolute Gasteiger partial charge is 0.372 e. The molecule has 2 aromatic rings. The van der Waals surface area contributed by atoms with Gasteiger partial charge in [-0.1, -0.05) is 12.1 Å². The molecule has 1 saturated heterocycles. The summed E-state index contributed by atoms with van der Waals surface area (Å²) in [4.78, 5) is 27.7. The second-order valence-electron chi connectivity index (χ2n) is 6.74. The number of carbonyl (C=O) groups excluding carboxylic acids is 2. The molecule has 1 fully saturated rings. The van der Waals surface area contributed by atoms with Crippen LogP contribution in [0, 0.1) is 0 Å². The van der Waals surface area contributed by atoms with Crippen molar-refractivity contribution in [3.63, 3.8) is 0 Å². The number of hydrogen-bond donors (Lipinski definition) is 0. The highest BCUT2D eigenvalue weighted by Gasteiger charge is 2.42. The summed E-state index contributed by atoms with van der Waals surface area (Å²) in [6, 6.07) is 9.89. The first-order valence-electron chi connectivity index (χ1n) is 8.82. The highest BCUT2D eigenvalue weighted by molar-refractivity contribution is 6.34. The van der Waals surface area contributed by atoms with Crippen molar-refractivity contribution in [1.29, 1.82) is 0 Å². The second kappa shape index (κ2) is 6.40. The van der Waals surface area contributed by atoms with E-state index in [4.69, 9.17) is 0 Å². The molecule has 2 heterocycles. The van der Waals surface area contributed by atoms with E-state index in [-0.39, 0.29) is 11.1 Å². The maximum Gasteiger partial charge on any atom is 0.418 e. The van der Waals surface area contributed by atoms with Gasteiger partial charge >= 0.3 is 6.18 Å². The van der Waals surface area contributed by atoms with Crippen LogP contribution < -0.4 is 9.80 Å². The van der Waals surface area contributed by atoms with E-state index in [0.29, 0.717) is 23.7 Å². The average molecular weight is 374 g/mol. The number of piperidine rings is 1. The number of alkyl halides is 3. The van der Waals surface area contributed by atoms with Gasteiger partial charge in [0.25, 0.3) is 11.8 Å². The zero-order valence-electron chi connectivity index (χ0n) is 14.4. The topological polar surface area (TPSA) is 40.6 Å². The second-order valence-corrected chi connectivity index (χ2v) is 6.74. The monoisotopic (exact) mass is 374 g/mol. The first-order chi connectivity index (χ1) is 12.9. The Kier molecular flexibility index (Phi) is 4.17. The average Bonchev–Trinajstić information content (AvgIpc) is 2.92. The van der Waals surface area contributed by atoms with Crippen LogP contribution in [0.5, 0.6) is 0 Å². The molecule has 4 nitrogen and oxygen atoms in total. The summed E-state index contributed by atoms with van der Waals surface area (Å²) >= 11 is 0. The van der Waals surface area contributed by atoms with Gasteiger partial charge < -0.3 is 4.90 Å². The number of hydrogen-bond acceptors (Lipinski definition) is 3. The Morgan fingerprint density at radius 2 is 1.41 bits per heavy atom. The molecule has 2 amide bonds. The molecular formula is C20H17F3N2O2. The number of amides is 2. The Morgan fingerprint density at radius 1 is 0.815 bits per heavy atom. The van der Waals surface area contributed by atoms with Crippen LogP contribution in [0.15, 0.2) is 42.5 Å². The van der Waals surface area contributed by atoms with E-state index in [0.717, 1.165) is 25.3 Å². The van der Waals surface area contributed by atoms with Crippen LogP contribution in [0.2, 0.25) is 0 Å². The van der Waals surface area contributed by atoms with Crippen molar-refractivity contribution < 1.29 is 22.8 Å². The molecule has 0 aromatic heterocycles. The molecule has 0 N–H and O–H groups in total. The molecule has 0 bridgehead atoms. The fourth-order valence-electron chi connectivity index (χ4n) is 3.70. The highest BCUT2D eigenvalue weighted by Crippen LogP contribution is 2.41. The zero-order valence-corrected chi connectivity index (χ0v) is 14.4. The molecule has 0 radical (unpaired) electrons. The number of imide groups is 1. The minimum absolute atomic E-state index is 0.121. The maximum absolute atomic E-state index is 13.8. The summed E-state index contributed by atoms with van der Waals surface area (Å²) in [5, 5.41) is 0. The summed E-state index contributed by atoms with van der Waals surface area (Å²) in [5.74, 6) is -1.46. The first kappa shape index (κ1) is 17.6. The lowest BCUT2D eigenvalue weighted by Crippen LogP contribution is -2.33. The van der Waals surface area contributed by atoms with Crippen LogP contribution in [0.1, 0.15) is 45.5 Å². The van der Waals surface area contributed by atoms with Gasteiger partial charge in [-0.3, -0.25) is 9.59 Å². The lowest BCUT2D eigenvalue weighted by atomic mass is 10.1. The molecule has 140 valence electrons. The lowest BCUT2D eigenvalue weighted by Gasteiger charge is -2.30. The fraction of sp³-hybridized carbons (Fsp3) is 0.300. The molecule has 2 aliphatic heterocycles. The van der Waals surface area contributed by atoms with Gasteiger partial charge in [-0.2, -0.15) is 13.2 Å². The maximum atomic E-state index is 13.8. The van der Waals surface area contributed by atoms with Crippen molar-refractivity contribution in [3.05, 3.63) is 59.2 Å². The molecule has 2 aromatic carbocycles. The molecule has 4 rings (SSSR count). The van der Waals surface area contributed by atoms with Crippen LogP contribution in [0.4, 0.5) is 24.5 Å². The number of carbonyl (C=O) groups is 2. The van der Waals surface area contributed by atoms with Crippen LogP contribution >= 0.6 is 0 Å². The van der Waals surface area contributed by atoms with Gasteiger partial charge in [0, 0.05) is 18.8 Å². The lowest BCUT2D eigenvalue weighted by molar-refractivity contribution is -0.137. The van der Waals surface area contributed by atoms with Crippen molar-refractivity contribution in [2.45, 2.75) is 25.4 Å². The zero-order chi connectivity index (χ0) is 19.2. The molecule has 27 heavy (non-hydrogen) atoms. The Balaban J connectivity index is 1.79. The van der Waals surface area contributed by atoms with Gasteiger partial charge in [-0.05, 0) is 49.6 Å². The minimum atomic E-state index is -4.68. The van der Waals surface area contributed by atoms with E-state index in [1.165, 1.54) is 18.2 Å². The number of anilines is 2. The number of benzene rings is 2. The molecule has 7 heteroatoms. The van der Waals surface area contributed by atoms with E-state index >= 15 is 0 Å². The first-order valence-corrected chi connectivity index (χ1v) is 8.82. The van der Waals surface area contributed by atoms with E-state index < -0.39 is 29.2 Å². The largest absolute Gasteiger partial charge is 0.418 e. The molecular weight excluding hydrogens is 357 g/mol. The highest BCUT2D eigenvalue weighted by atomic mass is 19.4. The third-order valence-corrected chi connectivity index (χ3v) is 5.04. The van der Waals surface area contributed by atoms with Gasteiger partial charge in [0.05, 0.1) is 22.4 Å². The predicted octanol–water partition coefficient (Wildman–Crippen LogP) is 4.50. The van der Waals surface area contributed by atoms with Crippen molar-refractivity contribution in [1.82, 2.24) is 0 Å². The summed E-state index contributed by atoms with van der Waals surface area (Å²) in [7, 11) is 0. The van der Waals surface area contributed by atoms with Gasteiger partial charge in [0.1, 0.15) is 0 Å². The van der Waals surface area contributed by atoms with Crippen molar-refractivity contribution in [3.8, 4) is 0 Å². The molecule has 2 aliphatic rings. The van der Waals surface area contributed by atoms with E-state index in [1.54, 1.807) is 18.2 Å². The third-order valence-electron chi connectivity index (χ3n) is 5.04. The molecule has 0 unspecified atom stereocenters. The summed E-state index contributed by atoms with van der Waals surface area (Å²) in [5.41, 5.74) is -0.691. The SMILES string of the molecule is O=C1c2ccccc2C(=O)N1c1ccc(N2CCCCC2)cc1C(F)(F)F. The van der Waals surface area contributed by atoms with Crippen LogP contribution in [0.3, 0.4) is 0 Å². The fourth-order valence-corrected chi connectivity index (χ4v) is 3.70. The van der Waals surface area contributed by atoms with E-state index in [1.807, 2.05) is 4.90 Å². The van der Waals surface area contributed by atoms with Crippen molar-refractivity contribution in [2.75, 3.05) is 22.9 Å². The normalized spacial score (nSPS) is 17.4. The number of halogens is 3. The summed E-state index contributed by atoms with van der Waals surface area (Å²) < 4.78 is 41.3. The Morgan fingerprint density at radius 3 is 1.96 bits per heavy atom. The van der Waals surface area contributed by atoms with Gasteiger partial charge in [-0.25, -0.2) is 4.90 Å². The molecule has 0 saturated carbocycles. The number of rotatable bonds is 2. The van der Waals surface area contributed by atoms with Crippen molar-refractivity contribution >= 4 is 23.2 Å². The number of fused-ring (bicyclic) bond motifs is 1. The standard InChI is InChI=1S/C20H17F3N2O2/c21-20(22,23)16-12-13(24-10-4-1-5-11-24)8-9-17(16)25-18(26)14-6-2-3-7-15(14)19(25)27/h2-3,6-9,12H,1,4-5,10-11H2. The summed E-state index contributed by atoms with van der Waals surface area (Å²) in [6.45, 7) is 1.40. The van der Waals surface area contributed by atoms with Crippen LogP contribution in [0.25, 0.3) is 0 Å². The molecule has 0 aliphatic carbocycles. The molecule has 0 spiro atoms. The summed E-state index contributed by atoms with van der Waals surface area (Å²) in [6.07, 6.45) is -1.75. The van der Waals surface area contributed by atoms with Crippen LogP contribution in [-0.2, 0) is 6.18 Å². The Bertz CT molecular complexity index is 883. The number of nitrogens with zero attached hydrogens (tertiary/aromatic N) is 2. The van der Waals surface area contributed by atoms with E-state index in [2.05, 4.69) is 0 Å². The Labute approximate surface area is 154 Å². The molecule has 0 atom stereocenters. The van der Waals surface area contributed by atoms with Gasteiger partial charge in [0.2, 0.25) is 0 Å². The predicted molar refractivity (Wildman–Crippen MR) is 95.1 cm³/mol.